The highest BCUT2D eigenvalue weighted by atomic mass is 16.5. The van der Waals surface area contributed by atoms with E-state index in [1.54, 1.807) is 0 Å². The summed E-state index contributed by atoms with van der Waals surface area (Å²) in [6.45, 7) is 5.96. The van der Waals surface area contributed by atoms with Crippen molar-refractivity contribution in [1.29, 1.82) is 0 Å². The number of carbonyl (C=O) groups excluding carboxylic acids is 1. The minimum absolute atomic E-state index is 0.208. The Morgan fingerprint density at radius 2 is 2.19 bits per heavy atom. The zero-order chi connectivity index (χ0) is 14.7. The maximum atomic E-state index is 12.4. The van der Waals surface area contributed by atoms with Gasteiger partial charge < -0.3 is 9.47 Å². The molecule has 0 unspecified atom stereocenters. The molecule has 1 fully saturated rings. The van der Waals surface area contributed by atoms with Crippen molar-refractivity contribution in [3.63, 3.8) is 0 Å². The Hall–Kier alpha value is -1.39. The Balaban J connectivity index is 1.55. The van der Waals surface area contributed by atoms with Gasteiger partial charge in [0.15, 0.2) is 5.78 Å². The first kappa shape index (κ1) is 14.5. The van der Waals surface area contributed by atoms with Crippen molar-refractivity contribution >= 4 is 5.78 Å². The van der Waals surface area contributed by atoms with Gasteiger partial charge in [0, 0.05) is 31.7 Å². The average Bonchev–Trinajstić information content (AvgIpc) is 2.97. The second-order valence-electron chi connectivity index (χ2n) is 5.77. The molecule has 0 bridgehead atoms. The monoisotopic (exact) mass is 289 g/mol. The molecule has 0 amide bonds. The van der Waals surface area contributed by atoms with Crippen LogP contribution in [0.4, 0.5) is 0 Å². The topological polar surface area (TPSA) is 38.8 Å². The third kappa shape index (κ3) is 3.44. The van der Waals surface area contributed by atoms with Gasteiger partial charge in [-0.1, -0.05) is 0 Å². The summed E-state index contributed by atoms with van der Waals surface area (Å²) in [6, 6.07) is 5.81. The number of Topliss-reactive ketones (excluding diaryl/α,β-unsaturated/α-hetero) is 1. The summed E-state index contributed by atoms with van der Waals surface area (Å²) in [6.07, 6.45) is 3.34. The molecule has 4 nitrogen and oxygen atoms in total. The molecule has 1 aromatic rings. The van der Waals surface area contributed by atoms with Crippen LogP contribution in [0.5, 0.6) is 5.75 Å². The minimum atomic E-state index is 0.208. The molecule has 0 aromatic heterocycles. The highest BCUT2D eigenvalue weighted by molar-refractivity contribution is 5.98. The predicted octanol–water partition coefficient (Wildman–Crippen LogP) is 2.31. The molecule has 2 aliphatic rings. The van der Waals surface area contributed by atoms with Crippen molar-refractivity contribution in [2.24, 2.45) is 0 Å². The quantitative estimate of drug-likeness (QED) is 0.780. The first-order chi connectivity index (χ1) is 10.3. The fourth-order valence-electron chi connectivity index (χ4n) is 3.12. The van der Waals surface area contributed by atoms with E-state index in [1.165, 1.54) is 0 Å². The van der Waals surface area contributed by atoms with E-state index in [0.717, 1.165) is 62.4 Å². The van der Waals surface area contributed by atoms with Gasteiger partial charge in [-0.15, -0.1) is 0 Å². The molecule has 0 aliphatic carbocycles. The van der Waals surface area contributed by atoms with Crippen molar-refractivity contribution in [3.05, 3.63) is 29.3 Å². The molecular formula is C17H23NO3. The number of rotatable bonds is 5. The number of nitrogens with zero attached hydrogens (tertiary/aromatic N) is 1. The lowest BCUT2D eigenvalue weighted by Crippen LogP contribution is -2.39. The van der Waals surface area contributed by atoms with Gasteiger partial charge >= 0.3 is 0 Å². The highest BCUT2D eigenvalue weighted by Gasteiger charge is 2.22. The SMILES string of the molecule is CCOC1CCN(CC(=O)c2ccc3c(c2)CCO3)CC1. The molecular weight excluding hydrogens is 266 g/mol. The van der Waals surface area contributed by atoms with Crippen LogP contribution >= 0.6 is 0 Å². The van der Waals surface area contributed by atoms with Gasteiger partial charge in [0.2, 0.25) is 0 Å². The number of likely N-dealkylation sites (tertiary alicyclic amines) is 1. The van der Waals surface area contributed by atoms with Crippen LogP contribution < -0.4 is 4.74 Å². The smallest absolute Gasteiger partial charge is 0.176 e. The summed E-state index contributed by atoms with van der Waals surface area (Å²) >= 11 is 0. The maximum absolute atomic E-state index is 12.4. The van der Waals surface area contributed by atoms with Crippen LogP contribution in [0, 0.1) is 0 Å². The van der Waals surface area contributed by atoms with E-state index in [9.17, 15) is 4.79 Å². The number of benzene rings is 1. The number of hydrogen-bond donors (Lipinski definition) is 0. The summed E-state index contributed by atoms with van der Waals surface area (Å²) in [5, 5.41) is 0. The van der Waals surface area contributed by atoms with Crippen LogP contribution in [0.1, 0.15) is 35.7 Å². The predicted molar refractivity (Wildman–Crippen MR) is 81.1 cm³/mol. The van der Waals surface area contributed by atoms with E-state index in [-0.39, 0.29) is 5.78 Å². The Labute approximate surface area is 126 Å². The van der Waals surface area contributed by atoms with Crippen molar-refractivity contribution < 1.29 is 14.3 Å². The third-order valence-corrected chi connectivity index (χ3v) is 4.32. The minimum Gasteiger partial charge on any atom is -0.493 e. The van der Waals surface area contributed by atoms with Gasteiger partial charge in [0.05, 0.1) is 19.3 Å². The van der Waals surface area contributed by atoms with Crippen molar-refractivity contribution in [1.82, 2.24) is 4.90 Å². The molecule has 2 aliphatic heterocycles. The van der Waals surface area contributed by atoms with Crippen LogP contribution in [0.25, 0.3) is 0 Å². The van der Waals surface area contributed by atoms with E-state index >= 15 is 0 Å². The summed E-state index contributed by atoms with van der Waals surface area (Å²) in [7, 11) is 0. The molecule has 114 valence electrons. The zero-order valence-electron chi connectivity index (χ0n) is 12.6. The first-order valence-corrected chi connectivity index (χ1v) is 7.89. The zero-order valence-corrected chi connectivity index (χ0v) is 12.6. The Morgan fingerprint density at radius 3 is 2.95 bits per heavy atom. The van der Waals surface area contributed by atoms with Crippen LogP contribution in [-0.2, 0) is 11.2 Å². The molecule has 0 N–H and O–H groups in total. The molecule has 21 heavy (non-hydrogen) atoms. The van der Waals surface area contributed by atoms with Crippen LogP contribution in [0.3, 0.4) is 0 Å². The fraction of sp³-hybridized carbons (Fsp3) is 0.588. The molecule has 0 saturated carbocycles. The Bertz CT molecular complexity index is 507. The first-order valence-electron chi connectivity index (χ1n) is 7.89. The number of carbonyl (C=O) groups is 1. The van der Waals surface area contributed by atoms with Crippen molar-refractivity contribution in [3.8, 4) is 5.75 Å². The van der Waals surface area contributed by atoms with Crippen LogP contribution in [0.2, 0.25) is 0 Å². The summed E-state index contributed by atoms with van der Waals surface area (Å²) in [5.41, 5.74) is 1.97. The number of ether oxygens (including phenoxy) is 2. The molecule has 1 saturated heterocycles. The van der Waals surface area contributed by atoms with Crippen molar-refractivity contribution in [2.75, 3.05) is 32.8 Å². The third-order valence-electron chi connectivity index (χ3n) is 4.32. The lowest BCUT2D eigenvalue weighted by atomic mass is 10.0. The second kappa shape index (κ2) is 6.58. The van der Waals surface area contributed by atoms with E-state index in [2.05, 4.69) is 4.90 Å². The van der Waals surface area contributed by atoms with Gasteiger partial charge in [0.25, 0.3) is 0 Å². The average molecular weight is 289 g/mol. The van der Waals surface area contributed by atoms with Gasteiger partial charge in [-0.3, -0.25) is 9.69 Å². The van der Waals surface area contributed by atoms with Crippen LogP contribution in [0.15, 0.2) is 18.2 Å². The molecule has 0 atom stereocenters. The largest absolute Gasteiger partial charge is 0.493 e. The summed E-state index contributed by atoms with van der Waals surface area (Å²) in [5.74, 6) is 1.14. The standard InChI is InChI=1S/C17H23NO3/c1-2-20-15-5-8-18(9-6-15)12-16(19)13-3-4-17-14(11-13)7-10-21-17/h3-4,11,15H,2,5-10,12H2,1H3. The number of ketones is 1. The lowest BCUT2D eigenvalue weighted by Gasteiger charge is -2.31. The molecule has 2 heterocycles. The Kier molecular flexibility index (Phi) is 4.56. The van der Waals surface area contributed by atoms with E-state index in [1.807, 2.05) is 25.1 Å². The molecule has 3 rings (SSSR count). The molecule has 0 spiro atoms. The summed E-state index contributed by atoms with van der Waals surface area (Å²) < 4.78 is 11.1. The molecule has 1 aromatic carbocycles. The highest BCUT2D eigenvalue weighted by Crippen LogP contribution is 2.26. The van der Waals surface area contributed by atoms with E-state index in [0.29, 0.717) is 12.6 Å². The van der Waals surface area contributed by atoms with Gasteiger partial charge in [-0.2, -0.15) is 0 Å². The maximum Gasteiger partial charge on any atom is 0.176 e. The van der Waals surface area contributed by atoms with Gasteiger partial charge in [-0.05, 0) is 43.5 Å². The van der Waals surface area contributed by atoms with E-state index in [4.69, 9.17) is 9.47 Å². The van der Waals surface area contributed by atoms with E-state index < -0.39 is 0 Å². The number of hydrogen-bond acceptors (Lipinski definition) is 4. The number of piperidine rings is 1. The molecule has 4 heteroatoms. The second-order valence-corrected chi connectivity index (χ2v) is 5.77. The molecule has 0 radical (unpaired) electrons. The van der Waals surface area contributed by atoms with Crippen LogP contribution in [-0.4, -0.2) is 49.6 Å². The normalized spacial score (nSPS) is 19.3. The fourth-order valence-corrected chi connectivity index (χ4v) is 3.12. The lowest BCUT2D eigenvalue weighted by molar-refractivity contribution is 0.0147. The Morgan fingerprint density at radius 1 is 1.38 bits per heavy atom. The van der Waals surface area contributed by atoms with Crippen molar-refractivity contribution in [2.45, 2.75) is 32.3 Å². The van der Waals surface area contributed by atoms with Gasteiger partial charge in [0.1, 0.15) is 5.75 Å². The summed E-state index contributed by atoms with van der Waals surface area (Å²) in [4.78, 5) is 14.6. The van der Waals surface area contributed by atoms with Gasteiger partial charge in [-0.25, -0.2) is 0 Å². The number of fused-ring (bicyclic) bond motifs is 1.